The molecule has 0 bridgehead atoms. The molecule has 0 N–H and O–H groups in total. The van der Waals surface area contributed by atoms with Crippen LogP contribution in [0.3, 0.4) is 0 Å². The summed E-state index contributed by atoms with van der Waals surface area (Å²) in [5, 5.41) is 0.884. The molecule has 0 spiro atoms. The molecule has 146 valence electrons. The maximum atomic E-state index is 14.9. The first-order chi connectivity index (χ1) is 14.6. The SMILES string of the molecule is O=c1cnc2ccccc2n1Cc1c(F)cc(-c2cnc3ccccc3c2)cc1F. The van der Waals surface area contributed by atoms with Gasteiger partial charge >= 0.3 is 0 Å². The topological polar surface area (TPSA) is 47.8 Å². The van der Waals surface area contributed by atoms with Gasteiger partial charge in [0.2, 0.25) is 0 Å². The van der Waals surface area contributed by atoms with Crippen LogP contribution in [0, 0.1) is 11.6 Å². The van der Waals surface area contributed by atoms with Crippen molar-refractivity contribution in [3.63, 3.8) is 0 Å². The Hall–Kier alpha value is -3.93. The Kier molecular flexibility index (Phi) is 4.32. The van der Waals surface area contributed by atoms with E-state index in [0.29, 0.717) is 22.2 Å². The number of pyridine rings is 1. The number of halogens is 2. The predicted molar refractivity (Wildman–Crippen MR) is 112 cm³/mol. The summed E-state index contributed by atoms with van der Waals surface area (Å²) in [6, 6.07) is 18.9. The van der Waals surface area contributed by atoms with Crippen LogP contribution < -0.4 is 5.56 Å². The van der Waals surface area contributed by atoms with Gasteiger partial charge in [0.25, 0.3) is 5.56 Å². The molecule has 0 fully saturated rings. The monoisotopic (exact) mass is 399 g/mol. The number of aromatic nitrogens is 3. The van der Waals surface area contributed by atoms with Gasteiger partial charge in [-0.25, -0.2) is 13.8 Å². The molecular formula is C24H15F2N3O. The molecule has 5 aromatic rings. The van der Waals surface area contributed by atoms with Crippen LogP contribution in [0.5, 0.6) is 0 Å². The summed E-state index contributed by atoms with van der Waals surface area (Å²) in [4.78, 5) is 20.8. The number of fused-ring (bicyclic) bond motifs is 2. The van der Waals surface area contributed by atoms with Crippen molar-refractivity contribution in [2.75, 3.05) is 0 Å². The lowest BCUT2D eigenvalue weighted by molar-refractivity contribution is 0.545. The predicted octanol–water partition coefficient (Wildman–Crippen LogP) is 4.94. The Bertz CT molecular complexity index is 1450. The van der Waals surface area contributed by atoms with Gasteiger partial charge in [-0.05, 0) is 42.0 Å². The summed E-state index contributed by atoms with van der Waals surface area (Å²) in [6.07, 6.45) is 2.75. The van der Waals surface area contributed by atoms with Crippen molar-refractivity contribution in [3.8, 4) is 11.1 Å². The maximum absolute atomic E-state index is 14.9. The summed E-state index contributed by atoms with van der Waals surface area (Å²) < 4.78 is 31.2. The lowest BCUT2D eigenvalue weighted by Gasteiger charge is -2.12. The molecule has 0 amide bonds. The first kappa shape index (κ1) is 18.1. The van der Waals surface area contributed by atoms with Gasteiger partial charge in [-0.15, -0.1) is 0 Å². The highest BCUT2D eigenvalue weighted by Gasteiger charge is 2.15. The quantitative estimate of drug-likeness (QED) is 0.432. The summed E-state index contributed by atoms with van der Waals surface area (Å²) in [7, 11) is 0. The average molecular weight is 399 g/mol. The minimum atomic E-state index is -0.717. The number of hydrogen-bond donors (Lipinski definition) is 0. The molecule has 0 aliphatic rings. The van der Waals surface area contributed by atoms with Gasteiger partial charge in [0, 0.05) is 22.7 Å². The van der Waals surface area contributed by atoms with Crippen molar-refractivity contribution in [3.05, 3.63) is 107 Å². The lowest BCUT2D eigenvalue weighted by Crippen LogP contribution is -2.22. The third-order valence-corrected chi connectivity index (χ3v) is 5.13. The van der Waals surface area contributed by atoms with Crippen molar-refractivity contribution in [1.82, 2.24) is 14.5 Å². The Balaban J connectivity index is 1.58. The highest BCUT2D eigenvalue weighted by molar-refractivity contribution is 5.83. The zero-order chi connectivity index (χ0) is 20.7. The molecule has 6 heteroatoms. The van der Waals surface area contributed by atoms with Crippen molar-refractivity contribution in [2.24, 2.45) is 0 Å². The fourth-order valence-electron chi connectivity index (χ4n) is 3.59. The number of hydrogen-bond acceptors (Lipinski definition) is 3. The molecule has 30 heavy (non-hydrogen) atoms. The van der Waals surface area contributed by atoms with E-state index < -0.39 is 17.2 Å². The van der Waals surface area contributed by atoms with Gasteiger partial charge in [-0.3, -0.25) is 9.78 Å². The van der Waals surface area contributed by atoms with Crippen LogP contribution in [0.4, 0.5) is 8.78 Å². The number of benzene rings is 3. The van der Waals surface area contributed by atoms with E-state index in [-0.39, 0.29) is 12.1 Å². The number of nitrogens with zero attached hydrogens (tertiary/aromatic N) is 3. The van der Waals surface area contributed by atoms with Crippen LogP contribution in [0.1, 0.15) is 5.56 Å². The number of rotatable bonds is 3. The second kappa shape index (κ2) is 7.15. The van der Waals surface area contributed by atoms with E-state index >= 15 is 0 Å². The number of para-hydroxylation sites is 3. The first-order valence-corrected chi connectivity index (χ1v) is 9.38. The molecule has 0 saturated carbocycles. The van der Waals surface area contributed by atoms with E-state index in [1.54, 1.807) is 30.5 Å². The standard InChI is InChI=1S/C24H15F2N3O/c25-19-10-16(17-9-15-5-1-2-6-21(15)27-12-17)11-20(26)18(19)14-29-23-8-4-3-7-22(23)28-13-24(29)30/h1-13H,14H2. The van der Waals surface area contributed by atoms with Crippen LogP contribution in [0.2, 0.25) is 0 Å². The molecule has 0 aliphatic carbocycles. The molecule has 4 nitrogen and oxygen atoms in total. The molecule has 0 unspecified atom stereocenters. The van der Waals surface area contributed by atoms with E-state index in [2.05, 4.69) is 9.97 Å². The Morgan fingerprint density at radius 3 is 2.23 bits per heavy atom. The van der Waals surface area contributed by atoms with Gasteiger partial charge < -0.3 is 4.57 Å². The van der Waals surface area contributed by atoms with Gasteiger partial charge in [-0.2, -0.15) is 0 Å². The zero-order valence-electron chi connectivity index (χ0n) is 15.7. The van der Waals surface area contributed by atoms with Crippen molar-refractivity contribution < 1.29 is 8.78 Å². The van der Waals surface area contributed by atoms with Gasteiger partial charge in [-0.1, -0.05) is 30.3 Å². The van der Waals surface area contributed by atoms with Crippen LogP contribution in [0.25, 0.3) is 33.1 Å². The molecule has 3 aromatic carbocycles. The molecule has 0 atom stereocenters. The third-order valence-electron chi connectivity index (χ3n) is 5.13. The maximum Gasteiger partial charge on any atom is 0.269 e. The van der Waals surface area contributed by atoms with Crippen molar-refractivity contribution >= 4 is 21.9 Å². The summed E-state index contributed by atoms with van der Waals surface area (Å²) in [6.45, 7) is -0.226. The minimum Gasteiger partial charge on any atom is -0.301 e. The lowest BCUT2D eigenvalue weighted by atomic mass is 10.0. The van der Waals surface area contributed by atoms with Crippen LogP contribution in [0.15, 0.2) is 83.9 Å². The van der Waals surface area contributed by atoms with Crippen molar-refractivity contribution in [1.29, 1.82) is 0 Å². The highest BCUT2D eigenvalue weighted by atomic mass is 19.1. The smallest absolute Gasteiger partial charge is 0.269 e. The molecule has 0 aliphatic heterocycles. The average Bonchev–Trinajstić information content (AvgIpc) is 2.77. The van der Waals surface area contributed by atoms with Gasteiger partial charge in [0.1, 0.15) is 11.6 Å². The summed E-state index contributed by atoms with van der Waals surface area (Å²) in [5.41, 5.74) is 2.32. The van der Waals surface area contributed by atoms with Gasteiger partial charge in [0.05, 0.1) is 29.3 Å². The van der Waals surface area contributed by atoms with E-state index in [1.807, 2.05) is 30.3 Å². The molecular weight excluding hydrogens is 384 g/mol. The third kappa shape index (κ3) is 3.12. The first-order valence-electron chi connectivity index (χ1n) is 9.38. The molecule has 2 aromatic heterocycles. The Labute approximate surface area is 170 Å². The fourth-order valence-corrected chi connectivity index (χ4v) is 3.59. The normalized spacial score (nSPS) is 11.3. The summed E-state index contributed by atoms with van der Waals surface area (Å²) in [5.74, 6) is -1.43. The minimum absolute atomic E-state index is 0.175. The summed E-state index contributed by atoms with van der Waals surface area (Å²) >= 11 is 0. The van der Waals surface area contributed by atoms with Crippen molar-refractivity contribution in [2.45, 2.75) is 6.54 Å². The van der Waals surface area contributed by atoms with Crippen LogP contribution in [-0.2, 0) is 6.54 Å². The zero-order valence-corrected chi connectivity index (χ0v) is 15.7. The molecule has 0 radical (unpaired) electrons. The Morgan fingerprint density at radius 1 is 0.767 bits per heavy atom. The van der Waals surface area contributed by atoms with Crippen LogP contribution >= 0.6 is 0 Å². The second-order valence-electron chi connectivity index (χ2n) is 7.01. The van der Waals surface area contributed by atoms with E-state index in [4.69, 9.17) is 0 Å². The molecule has 0 saturated heterocycles. The molecule has 5 rings (SSSR count). The largest absolute Gasteiger partial charge is 0.301 e. The van der Waals surface area contributed by atoms with E-state index in [1.165, 1.54) is 16.7 Å². The van der Waals surface area contributed by atoms with E-state index in [0.717, 1.165) is 17.1 Å². The fraction of sp³-hybridized carbons (Fsp3) is 0.0417. The van der Waals surface area contributed by atoms with Gasteiger partial charge in [0.15, 0.2) is 0 Å². The highest BCUT2D eigenvalue weighted by Crippen LogP contribution is 2.27. The molecule has 2 heterocycles. The van der Waals surface area contributed by atoms with Crippen LogP contribution in [-0.4, -0.2) is 14.5 Å². The Morgan fingerprint density at radius 2 is 1.43 bits per heavy atom. The van der Waals surface area contributed by atoms with E-state index in [9.17, 15) is 13.6 Å². The second-order valence-corrected chi connectivity index (χ2v) is 7.01.